The van der Waals surface area contributed by atoms with Crippen molar-refractivity contribution in [2.24, 2.45) is 5.92 Å². The summed E-state index contributed by atoms with van der Waals surface area (Å²) in [6.07, 6.45) is 0. The van der Waals surface area contributed by atoms with Gasteiger partial charge in [-0.1, -0.05) is 49.9 Å². The van der Waals surface area contributed by atoms with E-state index in [4.69, 9.17) is 4.74 Å². The number of nitrogens with zero attached hydrogens (tertiary/aromatic N) is 2. The molecule has 0 atom stereocenters. The Morgan fingerprint density at radius 3 is 2.59 bits per heavy atom. The Kier molecular flexibility index (Phi) is 5.96. The van der Waals surface area contributed by atoms with Crippen molar-refractivity contribution in [3.8, 4) is 5.75 Å². The number of para-hydroxylation sites is 2. The molecule has 0 amide bonds. The van der Waals surface area contributed by atoms with Crippen molar-refractivity contribution in [3.63, 3.8) is 0 Å². The number of hydrogen-bond acceptors (Lipinski definition) is 5. The lowest BCUT2D eigenvalue weighted by Crippen LogP contribution is -2.25. The Morgan fingerprint density at radius 2 is 1.85 bits per heavy atom. The lowest BCUT2D eigenvalue weighted by atomic mass is 10.1. The van der Waals surface area contributed by atoms with Gasteiger partial charge in [-0.05, 0) is 30.2 Å². The highest BCUT2D eigenvalue weighted by Gasteiger charge is 2.16. The van der Waals surface area contributed by atoms with E-state index in [2.05, 4.69) is 18.8 Å². The number of thioether (sulfide) groups is 1. The van der Waals surface area contributed by atoms with E-state index < -0.39 is 0 Å². The quantitative estimate of drug-likeness (QED) is 0.351. The summed E-state index contributed by atoms with van der Waals surface area (Å²) < 4.78 is 6.94. The van der Waals surface area contributed by atoms with Crippen LogP contribution in [-0.2, 0) is 6.54 Å². The highest BCUT2D eigenvalue weighted by atomic mass is 32.2. The van der Waals surface area contributed by atoms with Crippen molar-refractivity contribution in [1.29, 1.82) is 0 Å². The van der Waals surface area contributed by atoms with Crippen molar-refractivity contribution in [2.75, 3.05) is 12.9 Å². The number of methoxy groups -OCH3 is 1. The lowest BCUT2D eigenvalue weighted by molar-refractivity contribution is 0.101. The average Bonchev–Trinajstić information content (AvgIpc) is 2.68. The Labute approximate surface area is 162 Å². The van der Waals surface area contributed by atoms with E-state index in [1.165, 1.54) is 11.8 Å². The van der Waals surface area contributed by atoms with Crippen LogP contribution in [0.15, 0.2) is 58.5 Å². The standard InChI is InChI=1S/C21H22N2O3S/c1-14(2)12-23-20(25)15-8-4-6-10-17(15)22-21(23)27-13-18(24)16-9-5-7-11-19(16)26-3/h4-11,14H,12-13H2,1-3H3. The minimum atomic E-state index is -0.0680. The monoisotopic (exact) mass is 382 g/mol. The zero-order valence-electron chi connectivity index (χ0n) is 15.6. The van der Waals surface area contributed by atoms with Crippen LogP contribution in [-0.4, -0.2) is 28.2 Å². The van der Waals surface area contributed by atoms with Crippen molar-refractivity contribution in [1.82, 2.24) is 9.55 Å². The molecule has 0 radical (unpaired) electrons. The number of aromatic nitrogens is 2. The molecule has 0 saturated carbocycles. The number of benzene rings is 2. The number of rotatable bonds is 7. The van der Waals surface area contributed by atoms with Gasteiger partial charge in [0, 0.05) is 6.54 Å². The summed E-state index contributed by atoms with van der Waals surface area (Å²) in [7, 11) is 1.55. The molecular formula is C21H22N2O3S. The van der Waals surface area contributed by atoms with E-state index in [1.807, 2.05) is 30.3 Å². The predicted octanol–water partition coefficient (Wildman–Crippen LogP) is 4.04. The van der Waals surface area contributed by atoms with Crippen LogP contribution in [0, 0.1) is 5.92 Å². The second kappa shape index (κ2) is 8.39. The van der Waals surface area contributed by atoms with Crippen LogP contribution in [0.5, 0.6) is 5.75 Å². The van der Waals surface area contributed by atoms with Crippen LogP contribution >= 0.6 is 11.8 Å². The molecule has 0 aliphatic carbocycles. The van der Waals surface area contributed by atoms with Gasteiger partial charge in [0.05, 0.1) is 29.3 Å². The van der Waals surface area contributed by atoms with Gasteiger partial charge in [-0.25, -0.2) is 4.98 Å². The summed E-state index contributed by atoms with van der Waals surface area (Å²) in [5, 5.41) is 1.16. The predicted molar refractivity (Wildman–Crippen MR) is 109 cm³/mol. The number of hydrogen-bond donors (Lipinski definition) is 0. The van der Waals surface area contributed by atoms with Gasteiger partial charge < -0.3 is 4.74 Å². The first-order valence-electron chi connectivity index (χ1n) is 8.80. The molecule has 0 aliphatic rings. The minimum Gasteiger partial charge on any atom is -0.496 e. The van der Waals surface area contributed by atoms with Crippen LogP contribution in [0.2, 0.25) is 0 Å². The summed E-state index contributed by atoms with van der Waals surface area (Å²) in [6.45, 7) is 4.66. The maximum atomic E-state index is 12.9. The Balaban J connectivity index is 1.94. The molecule has 1 aromatic heterocycles. The summed E-state index contributed by atoms with van der Waals surface area (Å²) in [5.74, 6) is 0.962. The van der Waals surface area contributed by atoms with Gasteiger partial charge in [-0.3, -0.25) is 14.2 Å². The number of fused-ring (bicyclic) bond motifs is 1. The molecule has 5 nitrogen and oxygen atoms in total. The fraction of sp³-hybridized carbons (Fsp3) is 0.286. The second-order valence-corrected chi connectivity index (χ2v) is 7.58. The molecule has 3 rings (SSSR count). The number of Topliss-reactive ketones (excluding diaryl/α,β-unsaturated/α-hetero) is 1. The second-order valence-electron chi connectivity index (χ2n) is 6.63. The first kappa shape index (κ1) is 19.2. The van der Waals surface area contributed by atoms with E-state index in [0.717, 1.165) is 0 Å². The van der Waals surface area contributed by atoms with E-state index in [-0.39, 0.29) is 23.0 Å². The SMILES string of the molecule is COc1ccccc1C(=O)CSc1nc2ccccc2c(=O)n1CC(C)C. The zero-order valence-corrected chi connectivity index (χ0v) is 16.5. The first-order chi connectivity index (χ1) is 13.0. The van der Waals surface area contributed by atoms with Crippen LogP contribution in [0.1, 0.15) is 24.2 Å². The summed E-state index contributed by atoms with van der Waals surface area (Å²) >= 11 is 1.29. The first-order valence-corrected chi connectivity index (χ1v) is 9.78. The van der Waals surface area contributed by atoms with Gasteiger partial charge in [0.15, 0.2) is 10.9 Å². The van der Waals surface area contributed by atoms with Gasteiger partial charge in [0.1, 0.15) is 5.75 Å². The molecule has 0 unspecified atom stereocenters. The van der Waals surface area contributed by atoms with Crippen LogP contribution in [0.3, 0.4) is 0 Å². The lowest BCUT2D eigenvalue weighted by Gasteiger charge is -2.15. The van der Waals surface area contributed by atoms with Crippen LogP contribution < -0.4 is 10.3 Å². The Hall–Kier alpha value is -2.60. The highest BCUT2D eigenvalue weighted by Crippen LogP contribution is 2.23. The summed E-state index contributed by atoms with van der Waals surface area (Å²) in [5.41, 5.74) is 1.11. The fourth-order valence-corrected chi connectivity index (χ4v) is 3.76. The zero-order chi connectivity index (χ0) is 19.4. The normalized spacial score (nSPS) is 11.1. The molecule has 3 aromatic rings. The molecule has 0 fully saturated rings. The van der Waals surface area contributed by atoms with E-state index in [1.54, 1.807) is 29.9 Å². The Bertz CT molecular complexity index is 1030. The molecule has 1 heterocycles. The highest BCUT2D eigenvalue weighted by molar-refractivity contribution is 7.99. The molecule has 140 valence electrons. The summed E-state index contributed by atoms with van der Waals surface area (Å²) in [6, 6.07) is 14.5. The molecule has 0 spiro atoms. The third-order valence-corrected chi connectivity index (χ3v) is 5.09. The molecule has 0 bridgehead atoms. The third kappa shape index (κ3) is 4.22. The molecule has 0 saturated heterocycles. The number of carbonyl (C=O) groups is 1. The molecule has 0 N–H and O–H groups in total. The average molecular weight is 382 g/mol. The van der Waals surface area contributed by atoms with Gasteiger partial charge in [-0.15, -0.1) is 0 Å². The van der Waals surface area contributed by atoms with E-state index >= 15 is 0 Å². The third-order valence-electron chi connectivity index (χ3n) is 4.11. The van der Waals surface area contributed by atoms with Crippen molar-refractivity contribution < 1.29 is 9.53 Å². The van der Waals surface area contributed by atoms with Crippen LogP contribution in [0.4, 0.5) is 0 Å². The van der Waals surface area contributed by atoms with Gasteiger partial charge in [0.25, 0.3) is 5.56 Å². The molecule has 2 aromatic carbocycles. The van der Waals surface area contributed by atoms with E-state index in [0.29, 0.717) is 33.9 Å². The van der Waals surface area contributed by atoms with Gasteiger partial charge >= 0.3 is 0 Å². The maximum absolute atomic E-state index is 12.9. The number of carbonyl (C=O) groups excluding carboxylic acids is 1. The number of ketones is 1. The van der Waals surface area contributed by atoms with Crippen molar-refractivity contribution in [2.45, 2.75) is 25.5 Å². The van der Waals surface area contributed by atoms with Gasteiger partial charge in [0.2, 0.25) is 0 Å². The molecular weight excluding hydrogens is 360 g/mol. The molecule has 27 heavy (non-hydrogen) atoms. The molecule has 6 heteroatoms. The molecule has 0 aliphatic heterocycles. The topological polar surface area (TPSA) is 61.2 Å². The number of ether oxygens (including phenoxy) is 1. The fourth-order valence-electron chi connectivity index (χ4n) is 2.87. The Morgan fingerprint density at radius 1 is 1.15 bits per heavy atom. The largest absolute Gasteiger partial charge is 0.496 e. The smallest absolute Gasteiger partial charge is 0.262 e. The van der Waals surface area contributed by atoms with E-state index in [9.17, 15) is 9.59 Å². The maximum Gasteiger partial charge on any atom is 0.262 e. The minimum absolute atomic E-state index is 0.0593. The van der Waals surface area contributed by atoms with Crippen LogP contribution in [0.25, 0.3) is 10.9 Å². The van der Waals surface area contributed by atoms with Gasteiger partial charge in [-0.2, -0.15) is 0 Å². The van der Waals surface area contributed by atoms with Crippen molar-refractivity contribution in [3.05, 3.63) is 64.4 Å². The summed E-state index contributed by atoms with van der Waals surface area (Å²) in [4.78, 5) is 30.2. The van der Waals surface area contributed by atoms with Crippen molar-refractivity contribution >= 4 is 28.4 Å².